The topological polar surface area (TPSA) is 21.3 Å². The highest BCUT2D eigenvalue weighted by molar-refractivity contribution is 4.75. The van der Waals surface area contributed by atoms with Gasteiger partial charge in [-0.3, -0.25) is 0 Å². The number of ether oxygens (including phenoxy) is 1. The van der Waals surface area contributed by atoms with Crippen LogP contribution in [0.5, 0.6) is 0 Å². The summed E-state index contributed by atoms with van der Waals surface area (Å²) < 4.78 is 5.43. The summed E-state index contributed by atoms with van der Waals surface area (Å²) in [7, 11) is 1.80. The Labute approximate surface area is 101 Å². The zero-order valence-electron chi connectivity index (χ0n) is 11.5. The second-order valence-corrected chi connectivity index (χ2v) is 5.98. The zero-order chi connectivity index (χ0) is 12.0. The van der Waals surface area contributed by atoms with E-state index in [1.807, 2.05) is 0 Å². The van der Waals surface area contributed by atoms with Crippen LogP contribution in [0.15, 0.2) is 0 Å². The van der Waals surface area contributed by atoms with Crippen molar-refractivity contribution in [3.05, 3.63) is 0 Å². The second-order valence-electron chi connectivity index (χ2n) is 5.98. The zero-order valence-corrected chi connectivity index (χ0v) is 11.5. The first-order valence-corrected chi connectivity index (χ1v) is 6.82. The normalized spacial score (nSPS) is 27.8. The molecule has 0 aromatic carbocycles. The van der Waals surface area contributed by atoms with Crippen LogP contribution in [0.2, 0.25) is 0 Å². The summed E-state index contributed by atoms with van der Waals surface area (Å²) in [5, 5.41) is 3.69. The lowest BCUT2D eigenvalue weighted by Crippen LogP contribution is -2.34. The van der Waals surface area contributed by atoms with Crippen LogP contribution in [0.3, 0.4) is 0 Å². The summed E-state index contributed by atoms with van der Waals surface area (Å²) in [5.74, 6) is 0.933. The fourth-order valence-electron chi connectivity index (χ4n) is 2.37. The van der Waals surface area contributed by atoms with E-state index in [1.165, 1.54) is 32.1 Å². The van der Waals surface area contributed by atoms with Crippen molar-refractivity contribution in [1.82, 2.24) is 5.32 Å². The number of rotatable bonds is 5. The molecule has 2 unspecified atom stereocenters. The molecule has 0 aromatic rings. The molecule has 1 N–H and O–H groups in total. The Morgan fingerprint density at radius 1 is 1.19 bits per heavy atom. The molecule has 0 spiro atoms. The van der Waals surface area contributed by atoms with E-state index in [4.69, 9.17) is 4.74 Å². The molecule has 2 nitrogen and oxygen atoms in total. The lowest BCUT2D eigenvalue weighted by atomic mass is 10.0. The standard InChI is InChI=1S/C14H29NO/c1-12-6-5-7-13(9-8-12)15-11-10-14(2,3)16-4/h12-13,15H,5-11H2,1-4H3. The summed E-state index contributed by atoms with van der Waals surface area (Å²) in [6, 6.07) is 0.748. The van der Waals surface area contributed by atoms with Crippen LogP contribution in [0.4, 0.5) is 0 Å². The van der Waals surface area contributed by atoms with Crippen molar-refractivity contribution in [1.29, 1.82) is 0 Å². The van der Waals surface area contributed by atoms with E-state index in [-0.39, 0.29) is 5.60 Å². The van der Waals surface area contributed by atoms with Gasteiger partial charge in [-0.25, -0.2) is 0 Å². The maximum absolute atomic E-state index is 5.43. The minimum Gasteiger partial charge on any atom is -0.379 e. The van der Waals surface area contributed by atoms with Gasteiger partial charge in [0.15, 0.2) is 0 Å². The molecule has 96 valence electrons. The summed E-state index contributed by atoms with van der Waals surface area (Å²) in [6.07, 6.45) is 8.02. The Hall–Kier alpha value is -0.0800. The highest BCUT2D eigenvalue weighted by Crippen LogP contribution is 2.22. The van der Waals surface area contributed by atoms with Gasteiger partial charge in [0.1, 0.15) is 0 Å². The lowest BCUT2D eigenvalue weighted by Gasteiger charge is -2.24. The van der Waals surface area contributed by atoms with Gasteiger partial charge >= 0.3 is 0 Å². The summed E-state index contributed by atoms with van der Waals surface area (Å²) >= 11 is 0. The fraction of sp³-hybridized carbons (Fsp3) is 1.00. The van der Waals surface area contributed by atoms with Crippen LogP contribution < -0.4 is 5.32 Å². The first-order valence-electron chi connectivity index (χ1n) is 6.82. The molecule has 0 bridgehead atoms. The fourth-order valence-corrected chi connectivity index (χ4v) is 2.37. The monoisotopic (exact) mass is 227 g/mol. The van der Waals surface area contributed by atoms with Crippen molar-refractivity contribution in [3.63, 3.8) is 0 Å². The van der Waals surface area contributed by atoms with E-state index < -0.39 is 0 Å². The number of hydrogen-bond acceptors (Lipinski definition) is 2. The lowest BCUT2D eigenvalue weighted by molar-refractivity contribution is 0.0152. The second kappa shape index (κ2) is 6.61. The molecule has 2 heteroatoms. The van der Waals surface area contributed by atoms with Crippen molar-refractivity contribution < 1.29 is 4.74 Å². The van der Waals surface area contributed by atoms with E-state index >= 15 is 0 Å². The first-order chi connectivity index (χ1) is 7.53. The molecule has 1 fully saturated rings. The number of methoxy groups -OCH3 is 1. The highest BCUT2D eigenvalue weighted by Gasteiger charge is 2.18. The Morgan fingerprint density at radius 3 is 2.62 bits per heavy atom. The molecule has 0 radical (unpaired) electrons. The molecule has 2 atom stereocenters. The minimum atomic E-state index is 0.0189. The number of nitrogens with one attached hydrogen (secondary N) is 1. The van der Waals surface area contributed by atoms with Gasteiger partial charge in [-0.1, -0.05) is 19.8 Å². The maximum atomic E-state index is 5.43. The Kier molecular flexibility index (Phi) is 5.77. The summed E-state index contributed by atoms with van der Waals surface area (Å²) in [6.45, 7) is 7.78. The predicted molar refractivity (Wildman–Crippen MR) is 69.7 cm³/mol. The molecule has 0 aromatic heterocycles. The SMILES string of the molecule is COC(C)(C)CCNC1CCCC(C)CC1. The molecule has 1 aliphatic carbocycles. The van der Waals surface area contributed by atoms with Crippen LogP contribution in [-0.2, 0) is 4.74 Å². The van der Waals surface area contributed by atoms with Crippen molar-refractivity contribution in [2.75, 3.05) is 13.7 Å². The smallest absolute Gasteiger partial charge is 0.0634 e. The van der Waals surface area contributed by atoms with Gasteiger partial charge < -0.3 is 10.1 Å². The minimum absolute atomic E-state index is 0.0189. The average molecular weight is 227 g/mol. The van der Waals surface area contributed by atoms with Gasteiger partial charge in [0.25, 0.3) is 0 Å². The van der Waals surface area contributed by atoms with Crippen LogP contribution >= 0.6 is 0 Å². The molecule has 1 aliphatic rings. The largest absolute Gasteiger partial charge is 0.379 e. The van der Waals surface area contributed by atoms with Gasteiger partial charge in [-0.05, 0) is 52.0 Å². The maximum Gasteiger partial charge on any atom is 0.0634 e. The molecule has 1 saturated carbocycles. The van der Waals surface area contributed by atoms with Crippen molar-refractivity contribution in [2.45, 2.75) is 70.9 Å². The molecule has 1 rings (SSSR count). The Balaban J connectivity index is 2.17. The molecule has 0 saturated heterocycles. The molecular weight excluding hydrogens is 198 g/mol. The molecule has 0 aliphatic heterocycles. The summed E-state index contributed by atoms with van der Waals surface area (Å²) in [5.41, 5.74) is 0.0189. The van der Waals surface area contributed by atoms with Gasteiger partial charge in [0, 0.05) is 13.2 Å². The third kappa shape index (κ3) is 5.31. The van der Waals surface area contributed by atoms with Gasteiger partial charge in [-0.15, -0.1) is 0 Å². The van der Waals surface area contributed by atoms with Crippen LogP contribution in [-0.4, -0.2) is 25.3 Å². The predicted octanol–water partition coefficient (Wildman–Crippen LogP) is 3.36. The van der Waals surface area contributed by atoms with Gasteiger partial charge in [0.05, 0.1) is 5.60 Å². The van der Waals surface area contributed by atoms with E-state index in [0.29, 0.717) is 0 Å². The van der Waals surface area contributed by atoms with E-state index in [1.54, 1.807) is 7.11 Å². The highest BCUT2D eigenvalue weighted by atomic mass is 16.5. The summed E-state index contributed by atoms with van der Waals surface area (Å²) in [4.78, 5) is 0. The van der Waals surface area contributed by atoms with E-state index in [9.17, 15) is 0 Å². The van der Waals surface area contributed by atoms with Crippen LogP contribution in [0.25, 0.3) is 0 Å². The van der Waals surface area contributed by atoms with Gasteiger partial charge in [-0.2, -0.15) is 0 Å². The van der Waals surface area contributed by atoms with Crippen molar-refractivity contribution in [3.8, 4) is 0 Å². The third-order valence-electron chi connectivity index (χ3n) is 3.97. The quantitative estimate of drug-likeness (QED) is 0.727. The van der Waals surface area contributed by atoms with Crippen LogP contribution in [0, 0.1) is 5.92 Å². The van der Waals surface area contributed by atoms with Gasteiger partial charge in [0.2, 0.25) is 0 Å². The van der Waals surface area contributed by atoms with Crippen molar-refractivity contribution >= 4 is 0 Å². The van der Waals surface area contributed by atoms with E-state index in [2.05, 4.69) is 26.1 Å². The molecule has 0 amide bonds. The molecular formula is C14H29NO. The Morgan fingerprint density at radius 2 is 1.94 bits per heavy atom. The third-order valence-corrected chi connectivity index (χ3v) is 3.97. The molecule has 16 heavy (non-hydrogen) atoms. The number of hydrogen-bond donors (Lipinski definition) is 1. The first kappa shape index (κ1) is 14.0. The van der Waals surface area contributed by atoms with Crippen LogP contribution in [0.1, 0.15) is 59.3 Å². The molecule has 0 heterocycles. The van der Waals surface area contributed by atoms with E-state index in [0.717, 1.165) is 24.9 Å². The Bertz CT molecular complexity index is 191. The van der Waals surface area contributed by atoms with Crippen molar-refractivity contribution in [2.24, 2.45) is 5.92 Å². The average Bonchev–Trinajstić information content (AvgIpc) is 2.44.